The van der Waals surface area contributed by atoms with Gasteiger partial charge >= 0.3 is 0 Å². The molecule has 2 N–H and O–H groups in total. The van der Waals surface area contributed by atoms with Gasteiger partial charge in [-0.05, 0) is 47.0 Å². The number of halogens is 1. The van der Waals surface area contributed by atoms with Crippen LogP contribution in [0.15, 0.2) is 34.9 Å². The summed E-state index contributed by atoms with van der Waals surface area (Å²) < 4.78 is 0.721. The van der Waals surface area contributed by atoms with Crippen molar-refractivity contribution >= 4 is 33.3 Å². The Bertz CT molecular complexity index is 711. The van der Waals surface area contributed by atoms with E-state index in [0.29, 0.717) is 11.3 Å². The highest BCUT2D eigenvalue weighted by molar-refractivity contribution is 9.10. The smallest absolute Gasteiger partial charge is 0.215 e. The van der Waals surface area contributed by atoms with E-state index < -0.39 is 0 Å². The molecule has 0 spiro atoms. The third-order valence-corrected chi connectivity index (χ3v) is 4.46. The first-order valence-corrected chi connectivity index (χ1v) is 8.62. The van der Waals surface area contributed by atoms with Gasteiger partial charge < -0.3 is 10.6 Å². The van der Waals surface area contributed by atoms with Gasteiger partial charge in [0.05, 0.1) is 5.56 Å². The summed E-state index contributed by atoms with van der Waals surface area (Å²) in [5.74, 6) is 0.882. The van der Waals surface area contributed by atoms with Crippen LogP contribution in [0.25, 0.3) is 0 Å². The number of hydrogen-bond donors (Lipinski definition) is 1. The first-order valence-electron chi connectivity index (χ1n) is 7.83. The molecule has 6 heteroatoms. The zero-order valence-corrected chi connectivity index (χ0v) is 14.4. The van der Waals surface area contributed by atoms with Crippen molar-refractivity contribution in [1.82, 2.24) is 9.97 Å². The van der Waals surface area contributed by atoms with Crippen LogP contribution in [-0.2, 0) is 0 Å². The fourth-order valence-electron chi connectivity index (χ4n) is 2.80. The molecule has 3 rings (SSSR count). The Balaban J connectivity index is 1.89. The molecule has 1 saturated heterocycles. The Hall–Kier alpha value is -1.95. The average Bonchev–Trinajstić information content (AvgIpc) is 2.86. The van der Waals surface area contributed by atoms with E-state index in [4.69, 9.17) is 5.73 Å². The summed E-state index contributed by atoms with van der Waals surface area (Å²) >= 11 is 3.32. The molecule has 0 atom stereocenters. The Morgan fingerprint density at radius 2 is 1.91 bits per heavy atom. The Kier molecular flexibility index (Phi) is 4.91. The summed E-state index contributed by atoms with van der Waals surface area (Å²) in [6, 6.07) is 7.25. The van der Waals surface area contributed by atoms with E-state index >= 15 is 0 Å². The predicted octanol–water partition coefficient (Wildman–Crippen LogP) is 3.43. The minimum absolute atomic E-state index is 0.201. The number of pyridine rings is 2. The van der Waals surface area contributed by atoms with Crippen molar-refractivity contribution in [3.05, 3.63) is 46.2 Å². The van der Waals surface area contributed by atoms with E-state index in [0.717, 1.165) is 23.4 Å². The van der Waals surface area contributed by atoms with Crippen molar-refractivity contribution < 1.29 is 4.79 Å². The molecule has 0 aromatic carbocycles. The summed E-state index contributed by atoms with van der Waals surface area (Å²) in [6.07, 6.45) is 6.43. The molecule has 2 aromatic heterocycles. The lowest BCUT2D eigenvalue weighted by atomic mass is 10.1. The van der Waals surface area contributed by atoms with Crippen LogP contribution in [0, 0.1) is 0 Å². The summed E-state index contributed by atoms with van der Waals surface area (Å²) in [5.41, 5.74) is 6.61. The maximum Gasteiger partial charge on any atom is 0.215 e. The van der Waals surface area contributed by atoms with Gasteiger partial charge in [0.1, 0.15) is 17.3 Å². The maximum atomic E-state index is 12.7. The van der Waals surface area contributed by atoms with Crippen molar-refractivity contribution in [3.8, 4) is 0 Å². The third kappa shape index (κ3) is 3.69. The van der Waals surface area contributed by atoms with Gasteiger partial charge in [-0.2, -0.15) is 0 Å². The van der Waals surface area contributed by atoms with Crippen LogP contribution in [0.2, 0.25) is 0 Å². The van der Waals surface area contributed by atoms with Gasteiger partial charge in [0.15, 0.2) is 0 Å². The Morgan fingerprint density at radius 1 is 1.17 bits per heavy atom. The van der Waals surface area contributed by atoms with Gasteiger partial charge in [-0.3, -0.25) is 4.79 Å². The molecule has 0 aliphatic carbocycles. The number of aromatic nitrogens is 2. The highest BCUT2D eigenvalue weighted by Crippen LogP contribution is 2.21. The SMILES string of the molecule is Nc1ncc(Br)cc1C(=O)c1cccc(N2CCCCCC2)n1. The van der Waals surface area contributed by atoms with Gasteiger partial charge in [-0.1, -0.05) is 18.9 Å². The normalized spacial score (nSPS) is 15.3. The lowest BCUT2D eigenvalue weighted by Gasteiger charge is -2.21. The fraction of sp³-hybridized carbons (Fsp3) is 0.353. The van der Waals surface area contributed by atoms with Crippen LogP contribution in [0.5, 0.6) is 0 Å². The molecule has 0 bridgehead atoms. The number of ketones is 1. The molecule has 1 aliphatic heterocycles. The second-order valence-electron chi connectivity index (χ2n) is 5.70. The van der Waals surface area contributed by atoms with Gasteiger partial charge in [-0.25, -0.2) is 9.97 Å². The van der Waals surface area contributed by atoms with Crippen LogP contribution in [0.4, 0.5) is 11.6 Å². The van der Waals surface area contributed by atoms with E-state index in [-0.39, 0.29) is 11.6 Å². The molecule has 0 unspecified atom stereocenters. The van der Waals surface area contributed by atoms with E-state index in [9.17, 15) is 4.79 Å². The first-order chi connectivity index (χ1) is 11.1. The predicted molar refractivity (Wildman–Crippen MR) is 94.7 cm³/mol. The number of nitrogens with two attached hydrogens (primary N) is 1. The van der Waals surface area contributed by atoms with Crippen LogP contribution in [0.3, 0.4) is 0 Å². The maximum absolute atomic E-state index is 12.7. The second kappa shape index (κ2) is 7.08. The van der Waals surface area contributed by atoms with Gasteiger partial charge in [0, 0.05) is 23.8 Å². The van der Waals surface area contributed by atoms with Gasteiger partial charge in [-0.15, -0.1) is 0 Å². The van der Waals surface area contributed by atoms with Gasteiger partial charge in [0.2, 0.25) is 5.78 Å². The molecule has 1 fully saturated rings. The molecule has 23 heavy (non-hydrogen) atoms. The molecular formula is C17H19BrN4O. The van der Waals surface area contributed by atoms with Crippen molar-refractivity contribution in [2.75, 3.05) is 23.7 Å². The molecule has 3 heterocycles. The van der Waals surface area contributed by atoms with Crippen LogP contribution >= 0.6 is 15.9 Å². The molecule has 0 saturated carbocycles. The zero-order chi connectivity index (χ0) is 16.2. The number of hydrogen-bond acceptors (Lipinski definition) is 5. The first kappa shape index (κ1) is 15.9. The highest BCUT2D eigenvalue weighted by atomic mass is 79.9. The number of anilines is 2. The minimum Gasteiger partial charge on any atom is -0.383 e. The van der Waals surface area contributed by atoms with E-state index in [1.807, 2.05) is 12.1 Å². The summed E-state index contributed by atoms with van der Waals surface area (Å²) in [4.78, 5) is 23.5. The van der Waals surface area contributed by atoms with Crippen molar-refractivity contribution in [2.45, 2.75) is 25.7 Å². The number of rotatable bonds is 3. The molecular weight excluding hydrogens is 356 g/mol. The third-order valence-electron chi connectivity index (χ3n) is 4.03. The number of carbonyl (C=O) groups excluding carboxylic acids is 1. The Morgan fingerprint density at radius 3 is 2.65 bits per heavy atom. The largest absolute Gasteiger partial charge is 0.383 e. The standard InChI is InChI=1S/C17H19BrN4O/c18-12-10-13(17(19)20-11-12)16(23)14-6-5-7-15(21-14)22-8-3-1-2-4-9-22/h5-7,10-11H,1-4,8-9H2,(H2,19,20). The minimum atomic E-state index is -0.201. The second-order valence-corrected chi connectivity index (χ2v) is 6.61. The highest BCUT2D eigenvalue weighted by Gasteiger charge is 2.17. The van der Waals surface area contributed by atoms with Gasteiger partial charge in [0.25, 0.3) is 0 Å². The lowest BCUT2D eigenvalue weighted by molar-refractivity contribution is 0.103. The quantitative estimate of drug-likeness (QED) is 0.833. The van der Waals surface area contributed by atoms with Crippen LogP contribution in [0.1, 0.15) is 41.7 Å². The van der Waals surface area contributed by atoms with Crippen LogP contribution in [-0.4, -0.2) is 28.8 Å². The van der Waals surface area contributed by atoms with Crippen molar-refractivity contribution in [2.24, 2.45) is 0 Å². The van der Waals surface area contributed by atoms with Crippen molar-refractivity contribution in [1.29, 1.82) is 0 Å². The number of nitrogens with zero attached hydrogens (tertiary/aromatic N) is 3. The average molecular weight is 375 g/mol. The van der Waals surface area contributed by atoms with E-state index in [2.05, 4.69) is 30.8 Å². The monoisotopic (exact) mass is 374 g/mol. The molecule has 1 aliphatic rings. The van der Waals surface area contributed by atoms with Crippen molar-refractivity contribution in [3.63, 3.8) is 0 Å². The summed E-state index contributed by atoms with van der Waals surface area (Å²) in [6.45, 7) is 1.98. The number of carbonyl (C=O) groups is 1. The fourth-order valence-corrected chi connectivity index (χ4v) is 3.13. The summed E-state index contributed by atoms with van der Waals surface area (Å²) in [7, 11) is 0. The Labute approximate surface area is 144 Å². The molecule has 120 valence electrons. The van der Waals surface area contributed by atoms with E-state index in [1.54, 1.807) is 18.3 Å². The molecule has 2 aromatic rings. The zero-order valence-electron chi connectivity index (χ0n) is 12.8. The van der Waals surface area contributed by atoms with Crippen LogP contribution < -0.4 is 10.6 Å². The molecule has 5 nitrogen and oxygen atoms in total. The lowest BCUT2D eigenvalue weighted by Crippen LogP contribution is -2.25. The molecule has 0 amide bonds. The summed E-state index contributed by atoms with van der Waals surface area (Å²) in [5, 5.41) is 0. The molecule has 0 radical (unpaired) electrons. The number of nitrogen functional groups attached to an aromatic ring is 1. The topological polar surface area (TPSA) is 72.1 Å². The van der Waals surface area contributed by atoms with E-state index in [1.165, 1.54) is 25.7 Å².